The molecule has 1 aliphatic rings. The van der Waals surface area contributed by atoms with Crippen LogP contribution in [0.2, 0.25) is 0 Å². The van der Waals surface area contributed by atoms with Crippen LogP contribution in [0.5, 0.6) is 0 Å². The van der Waals surface area contributed by atoms with Crippen molar-refractivity contribution in [1.82, 2.24) is 0 Å². The van der Waals surface area contributed by atoms with Crippen LogP contribution in [0.25, 0.3) is 32.4 Å². The lowest BCUT2D eigenvalue weighted by molar-refractivity contribution is -0.254. The molecule has 2 aromatic carbocycles. The largest absolute Gasteiger partial charge is 0.380 e. The number of allylic oxidation sites excluding steroid dienone is 2. The molecule has 0 aliphatic heterocycles. The predicted molar refractivity (Wildman–Crippen MR) is 128 cm³/mol. The molecule has 0 spiro atoms. The molecule has 0 saturated heterocycles. The first kappa shape index (κ1) is 23.8. The normalized spacial score (nSPS) is 18.4. The third kappa shape index (κ3) is 3.24. The first-order valence-corrected chi connectivity index (χ1v) is 12.1. The van der Waals surface area contributed by atoms with Crippen LogP contribution in [-0.2, 0) is 0 Å². The van der Waals surface area contributed by atoms with Gasteiger partial charge in [0.25, 0.3) is 0 Å². The number of alkyl halides is 6. The summed E-state index contributed by atoms with van der Waals surface area (Å²) in [7, 11) is 0. The summed E-state index contributed by atoms with van der Waals surface area (Å²) < 4.78 is 90.0. The lowest BCUT2D eigenvalue weighted by Crippen LogP contribution is -2.48. The summed E-state index contributed by atoms with van der Waals surface area (Å²) in [5, 5.41) is 1.70. The fourth-order valence-electron chi connectivity index (χ4n) is 4.55. The number of aldehydes is 1. The Morgan fingerprint density at radius 2 is 1.29 bits per heavy atom. The zero-order valence-corrected chi connectivity index (χ0v) is 19.9. The number of aryl methyl sites for hydroxylation is 2. The van der Waals surface area contributed by atoms with Crippen molar-refractivity contribution in [2.24, 2.45) is 0 Å². The standard InChI is InChI=1S/C26H16F6OS2/c1-13-19(10-16(12-33)34-13)22-23(25(29,30)26(31,32)24(22,27)28)20-11-21(35-14(20)2)18-9-5-7-15-6-3-4-8-17(15)18/h3-12H,1-2H3. The summed E-state index contributed by atoms with van der Waals surface area (Å²) in [6.45, 7) is 2.78. The van der Waals surface area contributed by atoms with Crippen molar-refractivity contribution in [3.63, 3.8) is 0 Å². The Morgan fingerprint density at radius 3 is 1.91 bits per heavy atom. The lowest BCUT2D eigenvalue weighted by atomic mass is 9.94. The molecule has 9 heteroatoms. The SMILES string of the molecule is Cc1sc(C=O)cc1C1=C(c2cc(-c3cccc4ccccc34)sc2C)C(F)(F)C(F)(F)C1(F)F. The van der Waals surface area contributed by atoms with Crippen molar-refractivity contribution < 1.29 is 31.1 Å². The highest BCUT2D eigenvalue weighted by Crippen LogP contribution is 2.66. The van der Waals surface area contributed by atoms with Crippen molar-refractivity contribution in [3.8, 4) is 10.4 Å². The van der Waals surface area contributed by atoms with E-state index in [1.54, 1.807) is 12.1 Å². The Labute approximate surface area is 204 Å². The maximum absolute atomic E-state index is 15.2. The second-order valence-corrected chi connectivity index (χ2v) is 10.9. The summed E-state index contributed by atoms with van der Waals surface area (Å²) >= 11 is 1.85. The molecule has 0 saturated carbocycles. The van der Waals surface area contributed by atoms with Gasteiger partial charge in [-0.3, -0.25) is 4.79 Å². The van der Waals surface area contributed by atoms with Gasteiger partial charge in [-0.15, -0.1) is 22.7 Å². The number of benzene rings is 2. The van der Waals surface area contributed by atoms with E-state index in [-0.39, 0.29) is 20.2 Å². The van der Waals surface area contributed by atoms with Crippen LogP contribution in [-0.4, -0.2) is 24.1 Å². The summed E-state index contributed by atoms with van der Waals surface area (Å²) in [4.78, 5) is 11.9. The van der Waals surface area contributed by atoms with E-state index in [2.05, 4.69) is 0 Å². The first-order valence-electron chi connectivity index (χ1n) is 10.5. The Hall–Kier alpha value is -2.91. The third-order valence-corrected chi connectivity index (χ3v) is 8.29. The average Bonchev–Trinajstić information content (AvgIpc) is 3.40. The highest BCUT2D eigenvalue weighted by molar-refractivity contribution is 7.15. The Morgan fingerprint density at radius 1 is 0.714 bits per heavy atom. The maximum atomic E-state index is 15.2. The van der Waals surface area contributed by atoms with Crippen LogP contribution in [0, 0.1) is 13.8 Å². The molecule has 1 aliphatic carbocycles. The summed E-state index contributed by atoms with van der Waals surface area (Å²) in [6, 6.07) is 15.0. The molecule has 180 valence electrons. The van der Waals surface area contributed by atoms with E-state index in [1.165, 1.54) is 19.9 Å². The van der Waals surface area contributed by atoms with E-state index in [0.29, 0.717) is 16.7 Å². The molecule has 35 heavy (non-hydrogen) atoms. The van der Waals surface area contributed by atoms with E-state index < -0.39 is 34.5 Å². The van der Waals surface area contributed by atoms with Gasteiger partial charge in [0.1, 0.15) is 0 Å². The van der Waals surface area contributed by atoms with Gasteiger partial charge in [0.2, 0.25) is 0 Å². The number of thiophene rings is 2. The highest BCUT2D eigenvalue weighted by Gasteiger charge is 2.80. The predicted octanol–water partition coefficient (Wildman–Crippen LogP) is 8.89. The molecule has 4 aromatic rings. The molecular weight excluding hydrogens is 506 g/mol. The molecule has 0 bridgehead atoms. The van der Waals surface area contributed by atoms with E-state index in [4.69, 9.17) is 0 Å². The number of hydrogen-bond acceptors (Lipinski definition) is 3. The summed E-state index contributed by atoms with van der Waals surface area (Å²) in [6.07, 6.45) is 0.374. The van der Waals surface area contributed by atoms with Crippen molar-refractivity contribution in [3.05, 3.63) is 80.4 Å². The molecule has 2 aromatic heterocycles. The number of rotatable bonds is 4. The number of carbonyl (C=O) groups is 1. The van der Waals surface area contributed by atoms with Crippen molar-refractivity contribution in [2.45, 2.75) is 31.6 Å². The zero-order chi connectivity index (χ0) is 25.3. The smallest absolute Gasteiger partial charge is 0.297 e. The van der Waals surface area contributed by atoms with Crippen molar-refractivity contribution in [2.75, 3.05) is 0 Å². The van der Waals surface area contributed by atoms with Crippen LogP contribution in [0.3, 0.4) is 0 Å². The molecule has 0 radical (unpaired) electrons. The molecule has 0 fully saturated rings. The van der Waals surface area contributed by atoms with Gasteiger partial charge in [-0.1, -0.05) is 42.5 Å². The molecule has 5 rings (SSSR count). The molecular formula is C26H16F6OS2. The topological polar surface area (TPSA) is 17.1 Å². The van der Waals surface area contributed by atoms with Gasteiger partial charge < -0.3 is 0 Å². The zero-order valence-electron chi connectivity index (χ0n) is 18.3. The van der Waals surface area contributed by atoms with Gasteiger partial charge in [0, 0.05) is 25.8 Å². The molecule has 2 heterocycles. The summed E-state index contributed by atoms with van der Waals surface area (Å²) in [5.74, 6) is -15.9. The van der Waals surface area contributed by atoms with Gasteiger partial charge in [-0.05, 0) is 53.4 Å². The van der Waals surface area contributed by atoms with Gasteiger partial charge in [0.15, 0.2) is 6.29 Å². The second-order valence-electron chi connectivity index (χ2n) is 8.32. The number of hydrogen-bond donors (Lipinski definition) is 0. The Kier molecular flexibility index (Phi) is 5.30. The second kappa shape index (κ2) is 7.80. The lowest BCUT2D eigenvalue weighted by Gasteiger charge is -2.25. The average molecular weight is 523 g/mol. The van der Waals surface area contributed by atoms with Gasteiger partial charge in [-0.25, -0.2) is 0 Å². The molecule has 0 N–H and O–H groups in total. The minimum Gasteiger partial charge on any atom is -0.297 e. The fourth-order valence-corrected chi connectivity index (χ4v) is 6.46. The molecule has 0 unspecified atom stereocenters. The van der Waals surface area contributed by atoms with E-state index in [1.807, 2.05) is 30.3 Å². The van der Waals surface area contributed by atoms with Crippen LogP contribution in [0.4, 0.5) is 26.3 Å². The molecule has 0 atom stereocenters. The van der Waals surface area contributed by atoms with Crippen LogP contribution >= 0.6 is 22.7 Å². The quantitative estimate of drug-likeness (QED) is 0.193. The summed E-state index contributed by atoms with van der Waals surface area (Å²) in [5.41, 5.74) is -2.97. The van der Waals surface area contributed by atoms with Crippen LogP contribution in [0.15, 0.2) is 54.6 Å². The van der Waals surface area contributed by atoms with Gasteiger partial charge in [-0.2, -0.15) is 26.3 Å². The van der Waals surface area contributed by atoms with Gasteiger partial charge >= 0.3 is 17.8 Å². The van der Waals surface area contributed by atoms with E-state index in [9.17, 15) is 13.6 Å². The number of halogens is 6. The minimum atomic E-state index is -5.64. The minimum absolute atomic E-state index is 0.0165. The van der Waals surface area contributed by atoms with Gasteiger partial charge in [0.05, 0.1) is 4.88 Å². The number of fused-ring (bicyclic) bond motifs is 1. The van der Waals surface area contributed by atoms with Crippen LogP contribution in [0.1, 0.15) is 30.6 Å². The fraction of sp³-hybridized carbons (Fsp3) is 0.192. The van der Waals surface area contributed by atoms with Crippen molar-refractivity contribution >= 4 is 50.9 Å². The molecule has 0 amide bonds. The monoisotopic (exact) mass is 522 g/mol. The highest BCUT2D eigenvalue weighted by atomic mass is 32.1. The van der Waals surface area contributed by atoms with Crippen LogP contribution < -0.4 is 0 Å². The Bertz CT molecular complexity index is 1520. The Balaban J connectivity index is 1.82. The van der Waals surface area contributed by atoms with Crippen molar-refractivity contribution in [1.29, 1.82) is 0 Å². The maximum Gasteiger partial charge on any atom is 0.380 e. The van der Waals surface area contributed by atoms with E-state index >= 15 is 17.6 Å². The van der Waals surface area contributed by atoms with E-state index in [0.717, 1.165) is 39.5 Å². The number of carbonyl (C=O) groups excluding carboxylic acids is 1. The third-order valence-electron chi connectivity index (χ3n) is 6.23. The first-order chi connectivity index (χ1) is 16.4. The molecule has 1 nitrogen and oxygen atoms in total.